The molecule has 0 spiro atoms. The molecule has 116 valence electrons. The summed E-state index contributed by atoms with van der Waals surface area (Å²) in [6, 6.07) is 10.3. The molecule has 22 heavy (non-hydrogen) atoms. The molecule has 2 nitrogen and oxygen atoms in total. The Morgan fingerprint density at radius 3 is 2.09 bits per heavy atom. The van der Waals surface area contributed by atoms with E-state index in [2.05, 4.69) is 15.9 Å². The molecular formula is C15H9BrClF3O2. The molecule has 1 unspecified atom stereocenters. The molecule has 0 bridgehead atoms. The maximum Gasteiger partial charge on any atom is 0.416 e. The first kappa shape index (κ1) is 17.0. The molecule has 7 heteroatoms. The van der Waals surface area contributed by atoms with Crippen LogP contribution in [0.15, 0.2) is 48.5 Å². The van der Waals surface area contributed by atoms with Gasteiger partial charge in [0.25, 0.3) is 0 Å². The average molecular weight is 394 g/mol. The van der Waals surface area contributed by atoms with E-state index in [-0.39, 0.29) is 16.1 Å². The molecule has 0 aliphatic heterocycles. The summed E-state index contributed by atoms with van der Waals surface area (Å²) < 4.78 is 37.2. The number of rotatable bonds is 3. The molecule has 0 radical (unpaired) electrons. The van der Waals surface area contributed by atoms with Gasteiger partial charge in [0.1, 0.15) is 0 Å². The van der Waals surface area contributed by atoms with E-state index in [0.717, 1.165) is 12.1 Å². The highest BCUT2D eigenvalue weighted by atomic mass is 79.9. The van der Waals surface area contributed by atoms with Crippen LogP contribution in [0.25, 0.3) is 0 Å². The second-order valence-corrected chi connectivity index (χ2v) is 5.67. The molecule has 0 aliphatic carbocycles. The number of hydrogen-bond donors (Lipinski definition) is 1. The number of hydrogen-bond acceptors (Lipinski definition) is 2. The van der Waals surface area contributed by atoms with E-state index in [4.69, 9.17) is 11.6 Å². The molecule has 0 saturated carbocycles. The summed E-state index contributed by atoms with van der Waals surface area (Å²) in [5.41, 5.74) is -3.07. The summed E-state index contributed by atoms with van der Waals surface area (Å²) >= 11 is 8.57. The summed E-state index contributed by atoms with van der Waals surface area (Å²) in [5.74, 6) is 0. The number of benzene rings is 2. The van der Waals surface area contributed by atoms with E-state index < -0.39 is 22.0 Å². The molecule has 1 N–H and O–H groups in total. The Morgan fingerprint density at radius 2 is 1.64 bits per heavy atom. The fraction of sp³-hybridized carbons (Fsp3) is 0.133. The lowest BCUT2D eigenvalue weighted by atomic mass is 9.87. The molecule has 2 aromatic carbocycles. The Kier molecular flexibility index (Phi) is 4.65. The van der Waals surface area contributed by atoms with Crippen molar-refractivity contribution in [2.75, 3.05) is 0 Å². The van der Waals surface area contributed by atoms with E-state index in [9.17, 15) is 23.1 Å². The molecule has 2 rings (SSSR count). The number of carbonyl (C=O) groups excluding carboxylic acids is 1. The van der Waals surface area contributed by atoms with Crippen LogP contribution in [0, 0.1) is 0 Å². The van der Waals surface area contributed by atoms with Gasteiger partial charge in [-0.25, -0.2) is 0 Å². The molecule has 0 heterocycles. The highest BCUT2D eigenvalue weighted by Gasteiger charge is 2.41. The highest BCUT2D eigenvalue weighted by molar-refractivity contribution is 9.18. The van der Waals surface area contributed by atoms with Gasteiger partial charge in [-0.15, -0.1) is 0 Å². The smallest absolute Gasteiger partial charge is 0.372 e. The lowest BCUT2D eigenvalue weighted by Crippen LogP contribution is -2.34. The van der Waals surface area contributed by atoms with Gasteiger partial charge in [-0.05, 0) is 33.6 Å². The maximum atomic E-state index is 12.7. The summed E-state index contributed by atoms with van der Waals surface area (Å²) in [7, 11) is 0. The molecule has 0 amide bonds. The Labute approximate surface area is 137 Å². The van der Waals surface area contributed by atoms with Crippen molar-refractivity contribution in [2.24, 2.45) is 0 Å². The van der Waals surface area contributed by atoms with Crippen LogP contribution in [0.2, 0.25) is 5.02 Å². The minimum Gasteiger partial charge on any atom is -0.372 e. The summed E-state index contributed by atoms with van der Waals surface area (Å²) in [4.78, 5) is 11.9. The number of alkyl halides is 3. The lowest BCUT2D eigenvalue weighted by Gasteiger charge is -2.26. The maximum absolute atomic E-state index is 12.7. The minimum absolute atomic E-state index is 0.129. The zero-order chi connectivity index (χ0) is 16.5. The van der Waals surface area contributed by atoms with Gasteiger partial charge in [-0.1, -0.05) is 48.0 Å². The van der Waals surface area contributed by atoms with Crippen LogP contribution in [0.3, 0.4) is 0 Å². The van der Waals surface area contributed by atoms with Gasteiger partial charge in [0, 0.05) is 10.6 Å². The quantitative estimate of drug-likeness (QED) is 0.779. The van der Waals surface area contributed by atoms with Crippen molar-refractivity contribution >= 4 is 32.2 Å². The topological polar surface area (TPSA) is 37.3 Å². The lowest BCUT2D eigenvalue weighted by molar-refractivity contribution is -0.137. The minimum atomic E-state index is -4.56. The normalized spacial score (nSPS) is 14.5. The Balaban J connectivity index is 2.63. The van der Waals surface area contributed by atoms with Gasteiger partial charge in [-0.2, -0.15) is 13.2 Å². The molecule has 2 aromatic rings. The van der Waals surface area contributed by atoms with Gasteiger partial charge < -0.3 is 5.11 Å². The van der Waals surface area contributed by atoms with Crippen LogP contribution in [0.1, 0.15) is 16.7 Å². The van der Waals surface area contributed by atoms with Crippen molar-refractivity contribution in [3.63, 3.8) is 0 Å². The fourth-order valence-electron chi connectivity index (χ4n) is 2.04. The van der Waals surface area contributed by atoms with Gasteiger partial charge in [-0.3, -0.25) is 4.79 Å². The van der Waals surface area contributed by atoms with Crippen LogP contribution in [0.4, 0.5) is 13.2 Å². The predicted molar refractivity (Wildman–Crippen MR) is 79.8 cm³/mol. The van der Waals surface area contributed by atoms with Crippen molar-refractivity contribution in [3.8, 4) is 0 Å². The van der Waals surface area contributed by atoms with Crippen LogP contribution in [-0.4, -0.2) is 9.80 Å². The van der Waals surface area contributed by atoms with E-state index in [1.165, 1.54) is 12.1 Å². The van der Waals surface area contributed by atoms with Crippen molar-refractivity contribution in [1.29, 1.82) is 0 Å². The number of halogens is 5. The van der Waals surface area contributed by atoms with Crippen molar-refractivity contribution < 1.29 is 23.1 Å². The standard InChI is InChI=1S/C15H9BrClF3O2/c16-13(21)14(22,9-4-2-1-3-5-9)11-7-6-10(8-12(11)17)15(18,19)20/h1-8,22H. The number of carbonyl (C=O) groups is 1. The van der Waals surface area contributed by atoms with Crippen LogP contribution in [0.5, 0.6) is 0 Å². The van der Waals surface area contributed by atoms with Gasteiger partial charge in [0.2, 0.25) is 4.69 Å². The van der Waals surface area contributed by atoms with Crippen LogP contribution < -0.4 is 0 Å². The molecular weight excluding hydrogens is 385 g/mol. The zero-order valence-corrected chi connectivity index (χ0v) is 13.2. The fourth-order valence-corrected chi connectivity index (χ4v) is 2.80. The SMILES string of the molecule is O=C(Br)C(O)(c1ccccc1)c1ccc(C(F)(F)F)cc1Cl. The Hall–Kier alpha value is -1.37. The third-order valence-electron chi connectivity index (χ3n) is 3.16. The van der Waals surface area contributed by atoms with Crippen molar-refractivity contribution in [3.05, 3.63) is 70.2 Å². The largest absolute Gasteiger partial charge is 0.416 e. The van der Waals surface area contributed by atoms with E-state index >= 15 is 0 Å². The van der Waals surface area contributed by atoms with Gasteiger partial charge >= 0.3 is 6.18 Å². The van der Waals surface area contributed by atoms with Gasteiger partial charge in [0.15, 0.2) is 5.60 Å². The van der Waals surface area contributed by atoms with Crippen LogP contribution in [-0.2, 0) is 16.6 Å². The molecule has 0 aliphatic rings. The Morgan fingerprint density at radius 1 is 1.05 bits per heavy atom. The van der Waals surface area contributed by atoms with E-state index in [1.54, 1.807) is 18.2 Å². The third kappa shape index (κ3) is 3.04. The number of aliphatic hydroxyl groups is 1. The highest BCUT2D eigenvalue weighted by Crippen LogP contribution is 2.39. The zero-order valence-electron chi connectivity index (χ0n) is 10.9. The first-order valence-electron chi connectivity index (χ1n) is 6.02. The van der Waals surface area contributed by atoms with E-state index in [1.807, 2.05) is 0 Å². The van der Waals surface area contributed by atoms with Crippen molar-refractivity contribution in [2.45, 2.75) is 11.8 Å². The second-order valence-electron chi connectivity index (χ2n) is 4.54. The summed E-state index contributed by atoms with van der Waals surface area (Å²) in [6.45, 7) is 0. The van der Waals surface area contributed by atoms with Gasteiger partial charge in [0.05, 0.1) is 5.56 Å². The predicted octanol–water partition coefficient (Wildman–Crippen LogP) is 4.52. The summed E-state index contributed by atoms with van der Waals surface area (Å²) in [6.07, 6.45) is -4.56. The average Bonchev–Trinajstić information content (AvgIpc) is 2.46. The second kappa shape index (κ2) is 6.02. The molecule has 1 atom stereocenters. The first-order valence-corrected chi connectivity index (χ1v) is 7.19. The third-order valence-corrected chi connectivity index (χ3v) is 4.05. The van der Waals surface area contributed by atoms with Crippen molar-refractivity contribution in [1.82, 2.24) is 0 Å². The Bertz CT molecular complexity index is 704. The monoisotopic (exact) mass is 392 g/mol. The van der Waals surface area contributed by atoms with Crippen LogP contribution >= 0.6 is 27.5 Å². The summed E-state index contributed by atoms with van der Waals surface area (Å²) in [5, 5.41) is 10.4. The first-order chi connectivity index (χ1) is 10.2. The molecule has 0 aromatic heterocycles. The van der Waals surface area contributed by atoms with E-state index in [0.29, 0.717) is 6.07 Å². The molecule has 0 fully saturated rings. The molecule has 0 saturated heterocycles.